The van der Waals surface area contributed by atoms with Gasteiger partial charge in [-0.1, -0.05) is 0 Å². The summed E-state index contributed by atoms with van der Waals surface area (Å²) in [5.74, 6) is 0.656. The van der Waals surface area contributed by atoms with Gasteiger partial charge >= 0.3 is 5.97 Å². The normalized spacial score (nSPS) is 10.7. The van der Waals surface area contributed by atoms with Crippen LogP contribution in [-0.2, 0) is 17.8 Å². The first-order valence-corrected chi connectivity index (χ1v) is 6.50. The first-order valence-electron chi connectivity index (χ1n) is 6.50. The molecule has 0 aliphatic rings. The molecule has 0 aromatic carbocycles. The van der Waals surface area contributed by atoms with Gasteiger partial charge in [-0.15, -0.1) is 0 Å². The Balaban J connectivity index is 2.28. The molecule has 5 heteroatoms. The third kappa shape index (κ3) is 2.70. The predicted molar refractivity (Wildman–Crippen MR) is 72.1 cm³/mol. The van der Waals surface area contributed by atoms with Gasteiger partial charge in [0.05, 0.1) is 13.2 Å². The fraction of sp³-hybridized carbons (Fsp3) is 0.429. The molecule has 0 saturated carbocycles. The van der Waals surface area contributed by atoms with Gasteiger partial charge in [-0.05, 0) is 32.4 Å². The van der Waals surface area contributed by atoms with Crippen molar-refractivity contribution in [2.24, 2.45) is 0 Å². The smallest absolute Gasteiger partial charge is 0.355 e. The highest BCUT2D eigenvalue weighted by Crippen LogP contribution is 2.13. The third-order valence-electron chi connectivity index (χ3n) is 3.09. The molecule has 2 heterocycles. The van der Waals surface area contributed by atoms with Crippen LogP contribution in [0.15, 0.2) is 24.7 Å². The lowest BCUT2D eigenvalue weighted by Gasteiger charge is -2.10. The van der Waals surface area contributed by atoms with E-state index in [0.29, 0.717) is 18.8 Å². The van der Waals surface area contributed by atoms with Crippen LogP contribution in [0.25, 0.3) is 0 Å². The number of carbonyl (C=O) groups excluding carboxylic acids is 1. The van der Waals surface area contributed by atoms with Crippen LogP contribution in [0.3, 0.4) is 0 Å². The molecule has 0 N–H and O–H groups in total. The summed E-state index contributed by atoms with van der Waals surface area (Å²) in [6.07, 6.45) is 5.62. The maximum atomic E-state index is 12.0. The van der Waals surface area contributed by atoms with E-state index in [4.69, 9.17) is 4.74 Å². The lowest BCUT2D eigenvalue weighted by Crippen LogP contribution is -2.15. The Morgan fingerprint density at radius 2 is 2.11 bits per heavy atom. The van der Waals surface area contributed by atoms with Crippen molar-refractivity contribution in [2.45, 2.75) is 33.9 Å². The van der Waals surface area contributed by atoms with E-state index in [0.717, 1.165) is 17.9 Å². The molecule has 102 valence electrons. The van der Waals surface area contributed by atoms with E-state index in [9.17, 15) is 4.79 Å². The summed E-state index contributed by atoms with van der Waals surface area (Å²) in [6, 6.07) is 1.92. The lowest BCUT2D eigenvalue weighted by atomic mass is 10.3. The number of carbonyl (C=O) groups is 1. The van der Waals surface area contributed by atoms with Crippen LogP contribution in [0.4, 0.5) is 0 Å². The van der Waals surface area contributed by atoms with Crippen molar-refractivity contribution >= 4 is 5.97 Å². The number of imidazole rings is 1. The van der Waals surface area contributed by atoms with Gasteiger partial charge in [-0.3, -0.25) is 0 Å². The molecule has 0 atom stereocenters. The fourth-order valence-corrected chi connectivity index (χ4v) is 2.12. The number of rotatable bonds is 5. The molecule has 0 radical (unpaired) electrons. The van der Waals surface area contributed by atoms with E-state index in [1.807, 2.05) is 36.9 Å². The SMILES string of the molecule is CCOC(=O)c1c(C)ccn1Cc1nccn1CC. The molecule has 2 aromatic heterocycles. The molecular formula is C14H19N3O2. The standard InChI is InChI=1S/C14H19N3O2/c1-4-16-9-7-15-12(16)10-17-8-6-11(3)13(17)14(18)19-5-2/h6-9H,4-5,10H2,1-3H3. The molecule has 5 nitrogen and oxygen atoms in total. The zero-order valence-electron chi connectivity index (χ0n) is 11.6. The lowest BCUT2D eigenvalue weighted by molar-refractivity contribution is 0.0513. The second kappa shape index (κ2) is 5.73. The molecule has 0 bridgehead atoms. The molecule has 0 amide bonds. The van der Waals surface area contributed by atoms with Crippen LogP contribution in [-0.4, -0.2) is 26.7 Å². The molecule has 2 rings (SSSR count). The van der Waals surface area contributed by atoms with Crippen molar-refractivity contribution in [3.8, 4) is 0 Å². The van der Waals surface area contributed by atoms with Gasteiger partial charge < -0.3 is 13.9 Å². The monoisotopic (exact) mass is 261 g/mol. The van der Waals surface area contributed by atoms with Gasteiger partial charge in [0, 0.05) is 25.1 Å². The van der Waals surface area contributed by atoms with Gasteiger partial charge in [0.15, 0.2) is 0 Å². The average Bonchev–Trinajstić information content (AvgIpc) is 2.97. The van der Waals surface area contributed by atoms with Gasteiger partial charge in [0.1, 0.15) is 11.5 Å². The summed E-state index contributed by atoms with van der Waals surface area (Å²) in [4.78, 5) is 16.3. The quantitative estimate of drug-likeness (QED) is 0.775. The molecule has 0 aliphatic carbocycles. The maximum Gasteiger partial charge on any atom is 0.355 e. The van der Waals surface area contributed by atoms with E-state index < -0.39 is 0 Å². The molecule has 0 fully saturated rings. The number of nitrogens with zero attached hydrogens (tertiary/aromatic N) is 3. The van der Waals surface area contributed by atoms with Crippen LogP contribution in [0, 0.1) is 6.92 Å². The van der Waals surface area contributed by atoms with Crippen molar-refractivity contribution in [2.75, 3.05) is 6.61 Å². The Hall–Kier alpha value is -2.04. The minimum Gasteiger partial charge on any atom is -0.461 e. The number of hydrogen-bond donors (Lipinski definition) is 0. The van der Waals surface area contributed by atoms with Crippen LogP contribution in [0.2, 0.25) is 0 Å². The first kappa shape index (κ1) is 13.4. The van der Waals surface area contributed by atoms with Crippen LogP contribution in [0.1, 0.15) is 35.7 Å². The highest BCUT2D eigenvalue weighted by atomic mass is 16.5. The first-order chi connectivity index (χ1) is 9.17. The second-order valence-corrected chi connectivity index (χ2v) is 4.33. The van der Waals surface area contributed by atoms with Crippen molar-refractivity contribution in [1.82, 2.24) is 14.1 Å². The van der Waals surface area contributed by atoms with E-state index in [2.05, 4.69) is 16.5 Å². The summed E-state index contributed by atoms with van der Waals surface area (Å²) in [5, 5.41) is 0. The minimum absolute atomic E-state index is 0.278. The molecule has 0 aliphatic heterocycles. The molecule has 0 saturated heterocycles. The number of aryl methyl sites for hydroxylation is 2. The predicted octanol–water partition coefficient (Wildman–Crippen LogP) is 2.24. The molecular weight excluding hydrogens is 242 g/mol. The summed E-state index contributed by atoms with van der Waals surface area (Å²) < 4.78 is 9.05. The zero-order valence-corrected chi connectivity index (χ0v) is 11.6. The molecule has 0 spiro atoms. The summed E-state index contributed by atoms with van der Waals surface area (Å²) in [5.41, 5.74) is 1.53. The van der Waals surface area contributed by atoms with E-state index in [-0.39, 0.29) is 5.97 Å². The number of aromatic nitrogens is 3. The van der Waals surface area contributed by atoms with Crippen molar-refractivity contribution in [3.05, 3.63) is 41.7 Å². The Bertz CT molecular complexity index is 569. The van der Waals surface area contributed by atoms with Gasteiger partial charge in [0.25, 0.3) is 0 Å². The molecule has 0 unspecified atom stereocenters. The molecule has 19 heavy (non-hydrogen) atoms. The van der Waals surface area contributed by atoms with Crippen molar-refractivity contribution in [1.29, 1.82) is 0 Å². The van der Waals surface area contributed by atoms with Gasteiger partial charge in [-0.25, -0.2) is 9.78 Å². The largest absolute Gasteiger partial charge is 0.461 e. The van der Waals surface area contributed by atoms with Crippen molar-refractivity contribution < 1.29 is 9.53 Å². The average molecular weight is 261 g/mol. The van der Waals surface area contributed by atoms with Crippen molar-refractivity contribution in [3.63, 3.8) is 0 Å². The summed E-state index contributed by atoms with van der Waals surface area (Å²) in [7, 11) is 0. The highest BCUT2D eigenvalue weighted by Gasteiger charge is 2.16. The molecule has 2 aromatic rings. The number of esters is 1. The zero-order chi connectivity index (χ0) is 13.8. The van der Waals surface area contributed by atoms with Gasteiger partial charge in [0.2, 0.25) is 0 Å². The van der Waals surface area contributed by atoms with E-state index in [1.54, 1.807) is 6.20 Å². The summed E-state index contributed by atoms with van der Waals surface area (Å²) in [6.45, 7) is 7.61. The summed E-state index contributed by atoms with van der Waals surface area (Å²) >= 11 is 0. The van der Waals surface area contributed by atoms with Crippen LogP contribution >= 0.6 is 0 Å². The Labute approximate surface area is 112 Å². The second-order valence-electron chi connectivity index (χ2n) is 4.33. The van der Waals surface area contributed by atoms with Gasteiger partial charge in [-0.2, -0.15) is 0 Å². The Morgan fingerprint density at radius 1 is 1.32 bits per heavy atom. The highest BCUT2D eigenvalue weighted by molar-refractivity contribution is 5.89. The Kier molecular flexibility index (Phi) is 4.04. The topological polar surface area (TPSA) is 49.1 Å². The Morgan fingerprint density at radius 3 is 2.79 bits per heavy atom. The number of hydrogen-bond acceptors (Lipinski definition) is 3. The third-order valence-corrected chi connectivity index (χ3v) is 3.09. The van der Waals surface area contributed by atoms with Crippen LogP contribution < -0.4 is 0 Å². The van der Waals surface area contributed by atoms with E-state index in [1.165, 1.54) is 0 Å². The fourth-order valence-electron chi connectivity index (χ4n) is 2.12. The van der Waals surface area contributed by atoms with Crippen LogP contribution in [0.5, 0.6) is 0 Å². The maximum absolute atomic E-state index is 12.0. The minimum atomic E-state index is -0.278. The number of ether oxygens (including phenoxy) is 1. The van der Waals surface area contributed by atoms with E-state index >= 15 is 0 Å².